The number of carbonyl (C=O) groups excluding carboxylic acids is 4. The summed E-state index contributed by atoms with van der Waals surface area (Å²) in [7, 11) is 0. The number of likely N-dealkylation sites (tertiary alicyclic amines) is 2. The van der Waals surface area contributed by atoms with E-state index < -0.39 is 47.2 Å². The van der Waals surface area contributed by atoms with Crippen molar-refractivity contribution in [1.29, 1.82) is 5.26 Å². The summed E-state index contributed by atoms with van der Waals surface area (Å²) < 4.78 is 16.5. The molecule has 1 aromatic carbocycles. The number of benzene rings is 1. The van der Waals surface area contributed by atoms with E-state index in [2.05, 4.69) is 47.6 Å². The molecule has 5 aliphatic rings. The van der Waals surface area contributed by atoms with Crippen molar-refractivity contribution in [2.75, 3.05) is 31.5 Å². The molecule has 390 valence electrons. The molecule has 4 aromatic rings. The first-order valence-corrected chi connectivity index (χ1v) is 25.8. The molecular weight excluding hydrogens is 935 g/mol. The number of hydrogen-bond donors (Lipinski definition) is 5. The molecule has 3 aromatic heterocycles. The highest BCUT2D eigenvalue weighted by Gasteiger charge is 2.49. The van der Waals surface area contributed by atoms with Crippen molar-refractivity contribution in [3.05, 3.63) is 71.4 Å². The van der Waals surface area contributed by atoms with E-state index in [1.54, 1.807) is 27.7 Å². The molecule has 3 aliphatic carbocycles. The van der Waals surface area contributed by atoms with Gasteiger partial charge in [0.2, 0.25) is 23.6 Å². The smallest absolute Gasteiger partial charge is 0.248 e. The fraction of sp³-hybridized carbons (Fsp3) is 0.615. The maximum Gasteiger partial charge on any atom is 0.248 e. The number of pyridine rings is 1. The van der Waals surface area contributed by atoms with Crippen molar-refractivity contribution in [3.8, 4) is 17.6 Å². The normalized spacial score (nSPS) is 23.9. The summed E-state index contributed by atoms with van der Waals surface area (Å²) in [5, 5.41) is 57.5. The summed E-state index contributed by atoms with van der Waals surface area (Å²) in [6.45, 7) is 12.3. The molecule has 21 heteroatoms. The van der Waals surface area contributed by atoms with E-state index in [1.807, 2.05) is 65.9 Å². The maximum absolute atomic E-state index is 14.5. The topological polar surface area (TPSA) is 268 Å². The van der Waals surface area contributed by atoms with Crippen LogP contribution >= 0.6 is 0 Å². The number of aliphatic hydroxyl groups is 2. The zero-order valence-electron chi connectivity index (χ0n) is 42.6. The number of para-hydroxylation sites is 1. The molecule has 2 aliphatic heterocycles. The number of hydrogen-bond acceptors (Lipinski definition) is 15. The van der Waals surface area contributed by atoms with E-state index in [1.165, 1.54) is 16.0 Å². The van der Waals surface area contributed by atoms with Crippen LogP contribution in [-0.4, -0.2) is 141 Å². The van der Waals surface area contributed by atoms with Gasteiger partial charge in [-0.3, -0.25) is 19.2 Å². The van der Waals surface area contributed by atoms with E-state index in [0.717, 1.165) is 44.2 Å². The fourth-order valence-corrected chi connectivity index (χ4v) is 10.5. The number of nitrogens with zero attached hydrogens (tertiary/aromatic N) is 10. The number of nitriles is 1. The highest BCUT2D eigenvalue weighted by Crippen LogP contribution is 2.47. The summed E-state index contributed by atoms with van der Waals surface area (Å²) in [4.78, 5) is 63.7. The summed E-state index contributed by atoms with van der Waals surface area (Å²) in [6.07, 6.45) is 9.86. The van der Waals surface area contributed by atoms with Crippen LogP contribution in [0.15, 0.2) is 48.9 Å². The lowest BCUT2D eigenvalue weighted by Crippen LogP contribution is -2.50. The van der Waals surface area contributed by atoms with Crippen LogP contribution in [-0.2, 0) is 25.7 Å². The number of aliphatic hydroxyl groups excluding tert-OH is 2. The summed E-state index contributed by atoms with van der Waals surface area (Å²) in [5.74, 6) is 0.363. The van der Waals surface area contributed by atoms with Gasteiger partial charge in [0, 0.05) is 81.6 Å². The molecule has 2 saturated heterocycles. The second kappa shape index (κ2) is 21.1. The van der Waals surface area contributed by atoms with Gasteiger partial charge in [-0.2, -0.15) is 5.26 Å². The lowest BCUT2D eigenvalue weighted by Gasteiger charge is -2.34. The molecule has 4 amide bonds. The Bertz CT molecular complexity index is 2700. The Kier molecular flexibility index (Phi) is 14.8. The van der Waals surface area contributed by atoms with Gasteiger partial charge in [0.05, 0.1) is 41.3 Å². The maximum atomic E-state index is 14.5. The number of rotatable bonds is 18. The number of ether oxygens (including phenoxy) is 2. The first kappa shape index (κ1) is 51.2. The van der Waals surface area contributed by atoms with Crippen LogP contribution in [0.1, 0.15) is 146 Å². The van der Waals surface area contributed by atoms with Crippen LogP contribution < -0.4 is 25.4 Å². The monoisotopic (exact) mass is 1000 g/mol. The third-order valence-corrected chi connectivity index (χ3v) is 14.5. The van der Waals surface area contributed by atoms with Crippen LogP contribution in [0.5, 0.6) is 11.5 Å². The van der Waals surface area contributed by atoms with Gasteiger partial charge in [-0.25, -0.2) is 14.3 Å². The SMILES string of the molecule is CC(C)(C)[C@@H](C(=O)N1C[C@H](O)C[C@H]1C(=O)NCc1cccc(OC2CC2c2cn([C@H](C(=O)N3C[C@H](O)C[C@H]3C(=O)NCCNc3cc(C#N)ccn3)C(C)(C)C)nn2)c1OC1CCCC1)n1cc(C2CC2)nn1. The van der Waals surface area contributed by atoms with Crippen LogP contribution in [0.2, 0.25) is 0 Å². The quantitative estimate of drug-likeness (QED) is 0.0885. The van der Waals surface area contributed by atoms with Crippen LogP contribution in [0, 0.1) is 22.2 Å². The van der Waals surface area contributed by atoms with Crippen molar-refractivity contribution in [1.82, 2.24) is 55.4 Å². The summed E-state index contributed by atoms with van der Waals surface area (Å²) in [6, 6.07) is 7.51. The van der Waals surface area contributed by atoms with Gasteiger partial charge in [0.1, 0.15) is 36.1 Å². The van der Waals surface area contributed by atoms with Crippen LogP contribution in [0.25, 0.3) is 0 Å². The third kappa shape index (κ3) is 11.8. The Labute approximate surface area is 425 Å². The second-order valence-corrected chi connectivity index (χ2v) is 22.6. The Hall–Kier alpha value is -6.66. The number of anilines is 1. The van der Waals surface area contributed by atoms with E-state index in [0.29, 0.717) is 53.0 Å². The van der Waals surface area contributed by atoms with Gasteiger partial charge in [-0.15, -0.1) is 10.2 Å². The molecule has 5 N–H and O–H groups in total. The zero-order valence-corrected chi connectivity index (χ0v) is 42.6. The number of β-amino-alcohol motifs (C(OH)–C–C–N with tert-alkyl or cyclic N) is 2. The first-order chi connectivity index (χ1) is 34.9. The molecule has 8 atom stereocenters. The van der Waals surface area contributed by atoms with Gasteiger partial charge in [0.15, 0.2) is 11.5 Å². The minimum atomic E-state index is -0.896. The molecular formula is C52H69N13O8. The Morgan fingerprint density at radius 1 is 0.781 bits per heavy atom. The minimum absolute atomic E-state index is 0.00772. The predicted octanol–water partition coefficient (Wildman–Crippen LogP) is 3.91. The molecule has 5 heterocycles. The first-order valence-electron chi connectivity index (χ1n) is 25.8. The van der Waals surface area contributed by atoms with Crippen molar-refractivity contribution >= 4 is 29.4 Å². The van der Waals surface area contributed by atoms with Gasteiger partial charge < -0.3 is 45.4 Å². The molecule has 0 spiro atoms. The zero-order chi connectivity index (χ0) is 51.8. The molecule has 3 saturated carbocycles. The molecule has 21 nitrogen and oxygen atoms in total. The standard InChI is InChI=1S/C52H69N13O8/c1-51(2,3)45(64-28-37(58-60-64)31-14-15-31)49(70)63-27-34(67)22-40(63)48(69)57-25-32-10-9-13-41(44(32)72-35-11-7-8-12-35)73-42-23-36(42)38-29-65(61-59-38)46(52(4,5)6)50(71)62-26-33(66)21-39(62)47(68)56-19-18-55-43-20-30(24-53)16-17-54-43/h9-10,13,16-17,20,28-29,31,33-36,39-40,42,45-46,66-67H,7-8,11-12,14-15,18-19,21-23,25-27H2,1-6H3,(H,54,55)(H,56,68)(H,57,69)/t33-,34-,36?,39+,40+,42?,45-,46-/m1/s1. The number of nitrogens with one attached hydrogen (secondary N) is 3. The number of amides is 4. The van der Waals surface area contributed by atoms with E-state index in [-0.39, 0.29) is 80.8 Å². The van der Waals surface area contributed by atoms with Gasteiger partial charge in [-0.1, -0.05) is 64.1 Å². The van der Waals surface area contributed by atoms with Gasteiger partial charge >= 0.3 is 0 Å². The lowest BCUT2D eigenvalue weighted by atomic mass is 9.85. The fourth-order valence-electron chi connectivity index (χ4n) is 10.5. The molecule has 73 heavy (non-hydrogen) atoms. The Morgan fingerprint density at radius 2 is 1.38 bits per heavy atom. The van der Waals surface area contributed by atoms with Crippen molar-refractivity contribution in [2.24, 2.45) is 10.8 Å². The summed E-state index contributed by atoms with van der Waals surface area (Å²) >= 11 is 0. The predicted molar refractivity (Wildman–Crippen MR) is 265 cm³/mol. The average Bonchev–Trinajstić information content (AvgIpc) is 3.85. The van der Waals surface area contributed by atoms with Crippen molar-refractivity contribution < 1.29 is 38.9 Å². The average molecular weight is 1000 g/mol. The lowest BCUT2D eigenvalue weighted by molar-refractivity contribution is -0.144. The second-order valence-electron chi connectivity index (χ2n) is 22.6. The number of aromatic nitrogens is 7. The van der Waals surface area contributed by atoms with Crippen LogP contribution in [0.3, 0.4) is 0 Å². The molecule has 2 unspecified atom stereocenters. The van der Waals surface area contributed by atoms with Crippen LogP contribution in [0.4, 0.5) is 5.82 Å². The molecule has 9 rings (SSSR count). The minimum Gasteiger partial charge on any atom is -0.486 e. The summed E-state index contributed by atoms with van der Waals surface area (Å²) in [5.41, 5.74) is 1.45. The third-order valence-electron chi connectivity index (χ3n) is 14.5. The van der Waals surface area contributed by atoms with Gasteiger partial charge in [-0.05, 0) is 74.0 Å². The van der Waals surface area contributed by atoms with E-state index in [9.17, 15) is 34.7 Å². The van der Waals surface area contributed by atoms with Crippen molar-refractivity contribution in [2.45, 2.75) is 166 Å². The van der Waals surface area contributed by atoms with E-state index >= 15 is 0 Å². The van der Waals surface area contributed by atoms with E-state index in [4.69, 9.17) is 9.47 Å². The Balaban J connectivity index is 0.851. The van der Waals surface area contributed by atoms with Gasteiger partial charge in [0.25, 0.3) is 0 Å². The molecule has 5 fully saturated rings. The highest BCUT2D eigenvalue weighted by molar-refractivity contribution is 5.91. The highest BCUT2D eigenvalue weighted by atomic mass is 16.5. The Morgan fingerprint density at radius 3 is 1.99 bits per heavy atom. The molecule has 0 bridgehead atoms. The molecule has 0 radical (unpaired) electrons. The largest absolute Gasteiger partial charge is 0.486 e. The number of carbonyl (C=O) groups is 4. The van der Waals surface area contributed by atoms with Crippen molar-refractivity contribution in [3.63, 3.8) is 0 Å².